The molecule has 4 rings (SSSR count). The van der Waals surface area contributed by atoms with Crippen LogP contribution in [0.2, 0.25) is 0 Å². The molecule has 0 aliphatic carbocycles. The van der Waals surface area contributed by atoms with Crippen LogP contribution in [0.4, 0.5) is 29.1 Å². The second kappa shape index (κ2) is 8.88. The third-order valence-corrected chi connectivity index (χ3v) is 5.25. The highest BCUT2D eigenvalue weighted by molar-refractivity contribution is 5.62. The summed E-state index contributed by atoms with van der Waals surface area (Å²) in [6.45, 7) is 5.08. The Morgan fingerprint density at radius 1 is 1.00 bits per heavy atom. The maximum Gasteiger partial charge on any atom is 0.229 e. The smallest absolute Gasteiger partial charge is 0.229 e. The van der Waals surface area contributed by atoms with Crippen LogP contribution in [0.15, 0.2) is 48.7 Å². The monoisotopic (exact) mass is 414 g/mol. The number of hydrogen-bond donors (Lipinski definition) is 1. The van der Waals surface area contributed by atoms with Crippen LogP contribution in [0.5, 0.6) is 0 Å². The largest absolute Gasteiger partial charge is 0.363 e. The normalized spacial score (nSPS) is 13.6. The molecule has 8 heteroatoms. The molecule has 0 unspecified atom stereocenters. The van der Waals surface area contributed by atoms with Crippen molar-refractivity contribution in [2.24, 2.45) is 0 Å². The van der Waals surface area contributed by atoms with Crippen LogP contribution in [0.3, 0.4) is 0 Å². The van der Waals surface area contributed by atoms with Gasteiger partial charge in [-0.1, -0.05) is 17.7 Å². The van der Waals surface area contributed by atoms with Crippen LogP contribution in [0, 0.1) is 18.3 Å². The summed E-state index contributed by atoms with van der Waals surface area (Å²) in [5.41, 5.74) is 2.81. The van der Waals surface area contributed by atoms with Crippen LogP contribution >= 0.6 is 0 Å². The number of nitriles is 1. The first-order valence-corrected chi connectivity index (χ1v) is 10.3. The standard InChI is InChI=1S/C23H26N8/c1-17-6-8-19(9-7-17)26-20-15-21(29(2)3)28-23(27-20)31-13-11-30(12-14-31)22-18(16-24)5-4-10-25-22/h4-10,15H,11-14H2,1-3H3,(H,26,27,28). The highest BCUT2D eigenvalue weighted by atomic mass is 15.3. The molecule has 1 aliphatic heterocycles. The fourth-order valence-corrected chi connectivity index (χ4v) is 3.50. The molecule has 1 N–H and O–H groups in total. The van der Waals surface area contributed by atoms with E-state index in [9.17, 15) is 5.26 Å². The zero-order chi connectivity index (χ0) is 21.8. The van der Waals surface area contributed by atoms with Gasteiger partial charge in [-0.25, -0.2) is 4.98 Å². The highest BCUT2D eigenvalue weighted by Crippen LogP contribution is 2.24. The summed E-state index contributed by atoms with van der Waals surface area (Å²) in [5.74, 6) is 3.05. The molecule has 0 amide bonds. The summed E-state index contributed by atoms with van der Waals surface area (Å²) in [6, 6.07) is 16.0. The number of rotatable bonds is 5. The van der Waals surface area contributed by atoms with E-state index in [0.717, 1.165) is 49.3 Å². The molecule has 0 atom stereocenters. The lowest BCUT2D eigenvalue weighted by Gasteiger charge is -2.36. The molecule has 8 nitrogen and oxygen atoms in total. The number of piperazine rings is 1. The molecule has 1 aliphatic rings. The second-order valence-electron chi connectivity index (χ2n) is 7.76. The van der Waals surface area contributed by atoms with Crippen LogP contribution in [-0.4, -0.2) is 55.2 Å². The molecule has 0 radical (unpaired) electrons. The summed E-state index contributed by atoms with van der Waals surface area (Å²) < 4.78 is 0. The van der Waals surface area contributed by atoms with E-state index in [-0.39, 0.29) is 0 Å². The van der Waals surface area contributed by atoms with Gasteiger partial charge in [0.25, 0.3) is 0 Å². The average Bonchev–Trinajstić information content (AvgIpc) is 2.80. The van der Waals surface area contributed by atoms with Crippen molar-refractivity contribution in [3.8, 4) is 6.07 Å². The van der Waals surface area contributed by atoms with Crippen molar-refractivity contribution in [3.05, 3.63) is 59.8 Å². The van der Waals surface area contributed by atoms with Crippen molar-refractivity contribution in [1.29, 1.82) is 5.26 Å². The van der Waals surface area contributed by atoms with Crippen molar-refractivity contribution in [2.45, 2.75) is 6.92 Å². The third kappa shape index (κ3) is 4.67. The van der Waals surface area contributed by atoms with Gasteiger partial charge < -0.3 is 20.0 Å². The molecule has 3 heterocycles. The van der Waals surface area contributed by atoms with Crippen LogP contribution in [0.25, 0.3) is 0 Å². The Morgan fingerprint density at radius 2 is 1.71 bits per heavy atom. The molecule has 0 bridgehead atoms. The highest BCUT2D eigenvalue weighted by Gasteiger charge is 2.22. The maximum atomic E-state index is 9.37. The Balaban J connectivity index is 1.53. The summed E-state index contributed by atoms with van der Waals surface area (Å²) in [6.07, 6.45) is 1.73. The predicted molar refractivity (Wildman–Crippen MR) is 124 cm³/mol. The van der Waals surface area contributed by atoms with Gasteiger partial charge in [0.15, 0.2) is 0 Å². The van der Waals surface area contributed by atoms with Crippen LogP contribution in [0.1, 0.15) is 11.1 Å². The third-order valence-electron chi connectivity index (χ3n) is 5.25. The maximum absolute atomic E-state index is 9.37. The van der Waals surface area contributed by atoms with Gasteiger partial charge in [0.2, 0.25) is 5.95 Å². The van der Waals surface area contributed by atoms with Crippen LogP contribution < -0.4 is 20.0 Å². The molecular formula is C23H26N8. The zero-order valence-electron chi connectivity index (χ0n) is 18.1. The first-order valence-electron chi connectivity index (χ1n) is 10.3. The summed E-state index contributed by atoms with van der Waals surface area (Å²) >= 11 is 0. The molecule has 158 valence electrons. The van der Waals surface area contributed by atoms with Crippen molar-refractivity contribution >= 4 is 29.1 Å². The van der Waals surface area contributed by atoms with E-state index in [2.05, 4.69) is 45.2 Å². The van der Waals surface area contributed by atoms with Crippen molar-refractivity contribution in [1.82, 2.24) is 15.0 Å². The molecule has 0 spiro atoms. The van der Waals surface area contributed by atoms with Crippen molar-refractivity contribution in [2.75, 3.05) is 60.3 Å². The van der Waals surface area contributed by atoms with Crippen molar-refractivity contribution in [3.63, 3.8) is 0 Å². The van der Waals surface area contributed by atoms with E-state index in [1.165, 1.54) is 5.56 Å². The number of nitrogens with one attached hydrogen (secondary N) is 1. The van der Waals surface area contributed by atoms with E-state index >= 15 is 0 Å². The van der Waals surface area contributed by atoms with E-state index in [4.69, 9.17) is 9.97 Å². The molecule has 31 heavy (non-hydrogen) atoms. The number of aryl methyl sites for hydroxylation is 1. The Hall–Kier alpha value is -3.86. The summed E-state index contributed by atoms with van der Waals surface area (Å²) in [5, 5.41) is 12.8. The number of aromatic nitrogens is 3. The second-order valence-corrected chi connectivity index (χ2v) is 7.76. The first-order chi connectivity index (χ1) is 15.0. The quantitative estimate of drug-likeness (QED) is 0.681. The lowest BCUT2D eigenvalue weighted by Crippen LogP contribution is -2.47. The Labute approximate surface area is 182 Å². The van der Waals surface area contributed by atoms with Gasteiger partial charge in [-0.3, -0.25) is 0 Å². The zero-order valence-corrected chi connectivity index (χ0v) is 18.1. The molecule has 0 saturated carbocycles. The van der Waals surface area contributed by atoms with Gasteiger partial charge in [0.05, 0.1) is 5.56 Å². The number of hydrogen-bond acceptors (Lipinski definition) is 8. The number of benzene rings is 1. The van der Waals surface area contributed by atoms with Gasteiger partial charge in [-0.05, 0) is 31.2 Å². The fourth-order valence-electron chi connectivity index (χ4n) is 3.50. The SMILES string of the molecule is Cc1ccc(Nc2cc(N(C)C)nc(N3CCN(c4ncccc4C#N)CC3)n2)cc1. The summed E-state index contributed by atoms with van der Waals surface area (Å²) in [7, 11) is 3.95. The molecule has 1 fully saturated rings. The van der Waals surface area contributed by atoms with Crippen molar-refractivity contribution < 1.29 is 0 Å². The minimum atomic E-state index is 0.603. The number of nitrogens with zero attached hydrogens (tertiary/aromatic N) is 7. The minimum absolute atomic E-state index is 0.603. The van der Waals surface area contributed by atoms with Gasteiger partial charge in [0, 0.05) is 58.2 Å². The first kappa shape index (κ1) is 20.4. The van der Waals surface area contributed by atoms with Gasteiger partial charge in [0.1, 0.15) is 23.5 Å². The molecule has 2 aromatic heterocycles. The molecular weight excluding hydrogens is 388 g/mol. The average molecular weight is 415 g/mol. The number of anilines is 5. The Bertz CT molecular complexity index is 1080. The molecule has 1 aromatic carbocycles. The van der Waals surface area contributed by atoms with Crippen LogP contribution in [-0.2, 0) is 0 Å². The molecule has 3 aromatic rings. The Kier molecular flexibility index (Phi) is 5.85. The number of pyridine rings is 1. The van der Waals surface area contributed by atoms with Gasteiger partial charge in [-0.15, -0.1) is 0 Å². The topological polar surface area (TPSA) is 84.2 Å². The van der Waals surface area contributed by atoms with E-state index in [1.54, 1.807) is 18.3 Å². The van der Waals surface area contributed by atoms with E-state index in [1.807, 2.05) is 37.2 Å². The van der Waals surface area contributed by atoms with Gasteiger partial charge in [-0.2, -0.15) is 15.2 Å². The predicted octanol–water partition coefficient (Wildman–Crippen LogP) is 3.19. The van der Waals surface area contributed by atoms with E-state index in [0.29, 0.717) is 11.5 Å². The fraction of sp³-hybridized carbons (Fsp3) is 0.304. The lowest BCUT2D eigenvalue weighted by molar-refractivity contribution is 0.634. The molecule has 1 saturated heterocycles. The minimum Gasteiger partial charge on any atom is -0.363 e. The summed E-state index contributed by atoms with van der Waals surface area (Å²) in [4.78, 5) is 20.3. The lowest BCUT2D eigenvalue weighted by atomic mass is 10.2. The van der Waals surface area contributed by atoms with E-state index < -0.39 is 0 Å². The Morgan fingerprint density at radius 3 is 2.39 bits per heavy atom. The van der Waals surface area contributed by atoms with Gasteiger partial charge >= 0.3 is 0 Å².